The minimum absolute atomic E-state index is 0.542. The van der Waals surface area contributed by atoms with E-state index in [1.165, 1.54) is 11.0 Å². The average Bonchev–Trinajstić information content (AvgIpc) is 2.51. The number of tetrazole rings is 1. The first kappa shape index (κ1) is 8.63. The molecule has 6 heteroatoms. The smallest absolute Gasteiger partial charge is 0.328 e. The van der Waals surface area contributed by atoms with E-state index in [4.69, 9.17) is 5.11 Å². The summed E-state index contributed by atoms with van der Waals surface area (Å²) in [4.78, 5) is 10.7. The van der Waals surface area contributed by atoms with E-state index >= 15 is 0 Å². The van der Waals surface area contributed by atoms with Crippen LogP contribution in [0.3, 0.4) is 0 Å². The van der Waals surface area contributed by atoms with Crippen LogP contribution in [0, 0.1) is 0 Å². The van der Waals surface area contributed by atoms with Gasteiger partial charge in [0.1, 0.15) is 6.33 Å². The second kappa shape index (κ2) is 3.80. The van der Waals surface area contributed by atoms with Gasteiger partial charge in [0.2, 0.25) is 0 Å². The monoisotopic (exact) mass is 170 g/mol. The van der Waals surface area contributed by atoms with Crippen LogP contribution in [0.2, 0.25) is 0 Å². The van der Waals surface area contributed by atoms with Crippen LogP contribution in [0.1, 0.15) is 25.8 Å². The van der Waals surface area contributed by atoms with Gasteiger partial charge in [-0.3, -0.25) is 0 Å². The Bertz CT molecular complexity index is 246. The Morgan fingerprint density at radius 3 is 2.92 bits per heavy atom. The normalized spacial score (nSPS) is 12.8. The summed E-state index contributed by atoms with van der Waals surface area (Å²) < 4.78 is 1.26. The predicted octanol–water partition coefficient (Wildman–Crippen LogP) is 0.0989. The molecule has 0 saturated carbocycles. The summed E-state index contributed by atoms with van der Waals surface area (Å²) in [5.41, 5.74) is 0. The van der Waals surface area contributed by atoms with Crippen LogP contribution in [-0.2, 0) is 4.79 Å². The van der Waals surface area contributed by atoms with Crippen molar-refractivity contribution in [2.75, 3.05) is 0 Å². The molecule has 66 valence electrons. The van der Waals surface area contributed by atoms with E-state index in [0.29, 0.717) is 6.42 Å². The zero-order valence-electron chi connectivity index (χ0n) is 6.71. The van der Waals surface area contributed by atoms with Gasteiger partial charge >= 0.3 is 5.97 Å². The number of hydrogen-bond acceptors (Lipinski definition) is 4. The second-order valence-electron chi connectivity index (χ2n) is 2.43. The third-order valence-corrected chi connectivity index (χ3v) is 1.53. The highest BCUT2D eigenvalue weighted by molar-refractivity contribution is 5.71. The maximum atomic E-state index is 10.7. The van der Waals surface area contributed by atoms with E-state index in [2.05, 4.69) is 15.5 Å². The molecule has 1 rings (SSSR count). The summed E-state index contributed by atoms with van der Waals surface area (Å²) in [6.45, 7) is 1.92. The van der Waals surface area contributed by atoms with E-state index in [9.17, 15) is 4.79 Å². The van der Waals surface area contributed by atoms with Crippen molar-refractivity contribution >= 4 is 5.97 Å². The molecule has 1 atom stereocenters. The molecular weight excluding hydrogens is 160 g/mol. The molecule has 0 spiro atoms. The third kappa shape index (κ3) is 1.77. The number of carbonyl (C=O) groups is 1. The minimum atomic E-state index is -0.899. The van der Waals surface area contributed by atoms with Gasteiger partial charge in [-0.25, -0.2) is 9.48 Å². The summed E-state index contributed by atoms with van der Waals surface area (Å²) in [5.74, 6) is -0.899. The van der Waals surface area contributed by atoms with Crippen molar-refractivity contribution in [2.45, 2.75) is 25.8 Å². The summed E-state index contributed by atoms with van der Waals surface area (Å²) in [5, 5.41) is 19.0. The first-order chi connectivity index (χ1) is 5.75. The zero-order chi connectivity index (χ0) is 8.97. The Kier molecular flexibility index (Phi) is 2.73. The fourth-order valence-electron chi connectivity index (χ4n) is 0.954. The molecule has 0 aliphatic rings. The zero-order valence-corrected chi connectivity index (χ0v) is 6.71. The van der Waals surface area contributed by atoms with Gasteiger partial charge in [0.05, 0.1) is 0 Å². The van der Waals surface area contributed by atoms with Crippen LogP contribution >= 0.6 is 0 Å². The first-order valence-electron chi connectivity index (χ1n) is 3.71. The summed E-state index contributed by atoms with van der Waals surface area (Å²) in [6.07, 6.45) is 2.64. The molecule has 0 aliphatic carbocycles. The van der Waals surface area contributed by atoms with Crippen molar-refractivity contribution in [1.82, 2.24) is 20.2 Å². The van der Waals surface area contributed by atoms with Gasteiger partial charge in [-0.05, 0) is 16.8 Å². The lowest BCUT2D eigenvalue weighted by Gasteiger charge is -2.08. The molecular formula is C6H10N4O2. The van der Waals surface area contributed by atoms with Gasteiger partial charge in [-0.15, -0.1) is 5.10 Å². The summed E-state index contributed by atoms with van der Waals surface area (Å²) in [7, 11) is 0. The molecule has 1 N–H and O–H groups in total. The van der Waals surface area contributed by atoms with Crippen molar-refractivity contribution < 1.29 is 9.90 Å². The van der Waals surface area contributed by atoms with Gasteiger partial charge < -0.3 is 5.11 Å². The molecule has 0 aromatic carbocycles. The van der Waals surface area contributed by atoms with E-state index in [-0.39, 0.29) is 0 Å². The molecule has 1 aromatic rings. The Morgan fingerprint density at radius 2 is 2.50 bits per heavy atom. The van der Waals surface area contributed by atoms with Crippen LogP contribution in [0.4, 0.5) is 0 Å². The lowest BCUT2D eigenvalue weighted by molar-refractivity contribution is -0.141. The molecule has 0 fully saturated rings. The first-order valence-corrected chi connectivity index (χ1v) is 3.71. The Labute approximate surface area is 69.2 Å². The lowest BCUT2D eigenvalue weighted by Crippen LogP contribution is -2.19. The highest BCUT2D eigenvalue weighted by Crippen LogP contribution is 2.10. The topological polar surface area (TPSA) is 80.9 Å². The van der Waals surface area contributed by atoms with Crippen molar-refractivity contribution in [1.29, 1.82) is 0 Å². The molecule has 0 radical (unpaired) electrons. The number of aromatic nitrogens is 4. The van der Waals surface area contributed by atoms with Gasteiger partial charge in [0.15, 0.2) is 6.04 Å². The number of nitrogens with zero attached hydrogens (tertiary/aromatic N) is 4. The largest absolute Gasteiger partial charge is 0.480 e. The molecule has 0 bridgehead atoms. The fraction of sp³-hybridized carbons (Fsp3) is 0.667. The van der Waals surface area contributed by atoms with Gasteiger partial charge in [0, 0.05) is 0 Å². The summed E-state index contributed by atoms with van der Waals surface area (Å²) >= 11 is 0. The molecule has 1 aromatic heterocycles. The van der Waals surface area contributed by atoms with Crippen molar-refractivity contribution in [3.8, 4) is 0 Å². The Morgan fingerprint density at radius 1 is 1.75 bits per heavy atom. The third-order valence-electron chi connectivity index (χ3n) is 1.53. The van der Waals surface area contributed by atoms with Crippen LogP contribution in [0.25, 0.3) is 0 Å². The second-order valence-corrected chi connectivity index (χ2v) is 2.43. The number of rotatable bonds is 4. The minimum Gasteiger partial charge on any atom is -0.480 e. The number of carboxylic acids is 1. The predicted molar refractivity (Wildman–Crippen MR) is 39.4 cm³/mol. The van der Waals surface area contributed by atoms with Crippen LogP contribution in [0.5, 0.6) is 0 Å². The van der Waals surface area contributed by atoms with Gasteiger partial charge in [-0.1, -0.05) is 13.3 Å². The molecule has 1 heterocycles. The van der Waals surface area contributed by atoms with Gasteiger partial charge in [-0.2, -0.15) is 0 Å². The lowest BCUT2D eigenvalue weighted by atomic mass is 10.2. The Balaban J connectivity index is 2.73. The van der Waals surface area contributed by atoms with Crippen molar-refractivity contribution in [3.05, 3.63) is 6.33 Å². The molecule has 6 nitrogen and oxygen atoms in total. The highest BCUT2D eigenvalue weighted by Gasteiger charge is 2.18. The van der Waals surface area contributed by atoms with E-state index in [1.807, 2.05) is 6.92 Å². The van der Waals surface area contributed by atoms with E-state index in [1.54, 1.807) is 0 Å². The quantitative estimate of drug-likeness (QED) is 0.693. The van der Waals surface area contributed by atoms with Crippen molar-refractivity contribution in [3.63, 3.8) is 0 Å². The number of carboxylic acid groups (broad SMARTS) is 1. The van der Waals surface area contributed by atoms with E-state index < -0.39 is 12.0 Å². The standard InChI is InChI=1S/C6H10N4O2/c1-2-3-5(6(11)12)10-4-7-8-9-10/h4-5H,2-3H2,1H3,(H,11,12)/t5-/m0/s1. The maximum Gasteiger partial charge on any atom is 0.328 e. The van der Waals surface area contributed by atoms with Crippen LogP contribution < -0.4 is 0 Å². The molecule has 0 unspecified atom stereocenters. The van der Waals surface area contributed by atoms with Crippen LogP contribution in [-0.4, -0.2) is 31.3 Å². The van der Waals surface area contributed by atoms with Crippen molar-refractivity contribution in [2.24, 2.45) is 0 Å². The van der Waals surface area contributed by atoms with E-state index in [0.717, 1.165) is 6.42 Å². The number of aliphatic carboxylic acids is 1. The molecule has 12 heavy (non-hydrogen) atoms. The van der Waals surface area contributed by atoms with Gasteiger partial charge in [0.25, 0.3) is 0 Å². The molecule has 0 saturated heterocycles. The molecule has 0 amide bonds. The maximum absolute atomic E-state index is 10.7. The SMILES string of the molecule is CCC[C@@H](C(=O)O)n1cnnn1. The summed E-state index contributed by atoms with van der Waals surface area (Å²) in [6, 6.07) is -0.634. The van der Waals surface area contributed by atoms with Crippen LogP contribution in [0.15, 0.2) is 6.33 Å². The fourth-order valence-corrected chi connectivity index (χ4v) is 0.954. The Hall–Kier alpha value is -1.46. The highest BCUT2D eigenvalue weighted by atomic mass is 16.4. The average molecular weight is 170 g/mol. The number of hydrogen-bond donors (Lipinski definition) is 1. The molecule has 0 aliphatic heterocycles.